The summed E-state index contributed by atoms with van der Waals surface area (Å²) in [6, 6.07) is 21.4. The van der Waals surface area contributed by atoms with Gasteiger partial charge in [-0.1, -0.05) is 71.1 Å². The minimum Gasteiger partial charge on any atom is -0.507 e. The van der Waals surface area contributed by atoms with Crippen LogP contribution >= 0.6 is 11.3 Å². The van der Waals surface area contributed by atoms with Gasteiger partial charge in [0.25, 0.3) is 5.91 Å². The Labute approximate surface area is 239 Å². The minimum absolute atomic E-state index is 0.104. The van der Waals surface area contributed by atoms with Gasteiger partial charge in [-0.05, 0) is 36.2 Å². The lowest BCUT2D eigenvalue weighted by Gasteiger charge is -2.25. The van der Waals surface area contributed by atoms with E-state index in [0.29, 0.717) is 34.6 Å². The van der Waals surface area contributed by atoms with Gasteiger partial charge in [0.2, 0.25) is 0 Å². The highest BCUT2D eigenvalue weighted by Gasteiger charge is 2.33. The predicted octanol–water partition coefficient (Wildman–Crippen LogP) is 5.69. The molecular weight excluding hydrogens is 542 g/mol. The average Bonchev–Trinajstić information content (AvgIpc) is 3.37. The van der Waals surface area contributed by atoms with E-state index in [1.807, 2.05) is 19.1 Å². The van der Waals surface area contributed by atoms with Gasteiger partial charge >= 0.3 is 0 Å². The van der Waals surface area contributed by atoms with Gasteiger partial charge in [0.15, 0.2) is 16.6 Å². The molecule has 0 unspecified atom stereocenters. The lowest BCUT2D eigenvalue weighted by Crippen LogP contribution is -2.27. The van der Waals surface area contributed by atoms with Crippen molar-refractivity contribution in [2.75, 3.05) is 11.9 Å². The zero-order valence-corrected chi connectivity index (χ0v) is 23.0. The molecule has 1 aromatic heterocycles. The van der Waals surface area contributed by atoms with Crippen LogP contribution in [-0.2, 0) is 20.8 Å². The van der Waals surface area contributed by atoms with Gasteiger partial charge in [-0.15, -0.1) is 0 Å². The largest absolute Gasteiger partial charge is 0.507 e. The summed E-state index contributed by atoms with van der Waals surface area (Å²) < 4.78 is 6.30. The van der Waals surface area contributed by atoms with Crippen molar-refractivity contribution in [3.63, 3.8) is 0 Å². The fourth-order valence-corrected chi connectivity index (χ4v) is 5.80. The summed E-state index contributed by atoms with van der Waals surface area (Å²) in [5, 5.41) is 26.7. The number of carbonyl (C=O) groups is 3. The van der Waals surface area contributed by atoms with E-state index in [-0.39, 0.29) is 35.1 Å². The highest BCUT2D eigenvalue weighted by Crippen LogP contribution is 2.38. The van der Waals surface area contributed by atoms with Gasteiger partial charge in [0.1, 0.15) is 17.3 Å². The second kappa shape index (κ2) is 12.1. The van der Waals surface area contributed by atoms with Crippen molar-refractivity contribution >= 4 is 55.6 Å². The Bertz CT molecular complexity index is 1690. The highest BCUT2D eigenvalue weighted by atomic mass is 32.1. The number of carbonyl (C=O) groups excluding carboxylic acids is 3. The molecule has 1 aliphatic rings. The number of oxime groups is 1. The van der Waals surface area contributed by atoms with Crippen LogP contribution in [0.1, 0.15) is 42.4 Å². The summed E-state index contributed by atoms with van der Waals surface area (Å²) in [4.78, 5) is 43.8. The van der Waals surface area contributed by atoms with Crippen molar-refractivity contribution in [3.8, 4) is 5.75 Å². The zero-order chi connectivity index (χ0) is 28.9. The first-order valence-corrected chi connectivity index (χ1v) is 13.9. The summed E-state index contributed by atoms with van der Waals surface area (Å²) in [5.74, 6) is -1.73. The predicted molar refractivity (Wildman–Crippen MR) is 157 cm³/mol. The molecule has 1 atom stereocenters. The molecule has 1 amide bonds. The van der Waals surface area contributed by atoms with Crippen molar-refractivity contribution in [1.82, 2.24) is 4.98 Å². The third-order valence-electron chi connectivity index (χ3n) is 6.80. The molecule has 0 saturated heterocycles. The van der Waals surface area contributed by atoms with Gasteiger partial charge in [-0.3, -0.25) is 19.7 Å². The number of aliphatic hydroxyl groups excluding tert-OH is 1. The first-order chi connectivity index (χ1) is 19.9. The van der Waals surface area contributed by atoms with Gasteiger partial charge in [0.05, 0.1) is 23.2 Å². The van der Waals surface area contributed by atoms with E-state index in [0.717, 1.165) is 4.70 Å². The third-order valence-corrected chi connectivity index (χ3v) is 7.73. The maximum absolute atomic E-state index is 13.3. The van der Waals surface area contributed by atoms with E-state index in [9.17, 15) is 24.7 Å². The van der Waals surface area contributed by atoms with Crippen molar-refractivity contribution in [1.29, 1.82) is 0 Å². The summed E-state index contributed by atoms with van der Waals surface area (Å²) in [6.45, 7) is 2.40. The number of Topliss-reactive ketones (excluding diaryl/α,β-unsaturated/α-hetero) is 2. The van der Waals surface area contributed by atoms with Crippen LogP contribution < -0.4 is 10.1 Å². The lowest BCUT2D eigenvalue weighted by molar-refractivity contribution is -0.119. The molecule has 3 aromatic carbocycles. The number of amides is 1. The third kappa shape index (κ3) is 6.02. The number of aliphatic hydroxyl groups is 1. The van der Waals surface area contributed by atoms with Crippen molar-refractivity contribution in [3.05, 3.63) is 95.1 Å². The lowest BCUT2D eigenvalue weighted by atomic mass is 9.78. The summed E-state index contributed by atoms with van der Waals surface area (Å²) in [5.41, 5.74) is 2.35. The molecule has 4 aromatic rings. The Morgan fingerprint density at radius 2 is 1.85 bits per heavy atom. The highest BCUT2D eigenvalue weighted by molar-refractivity contribution is 7.22. The monoisotopic (exact) mass is 569 g/mol. The van der Waals surface area contributed by atoms with Crippen LogP contribution in [0.4, 0.5) is 5.13 Å². The number of ether oxygens (including phenoxy) is 1. The molecule has 0 aliphatic heterocycles. The smallest absolute Gasteiger partial charge is 0.275 e. The molecule has 5 rings (SSSR count). The van der Waals surface area contributed by atoms with E-state index in [4.69, 9.17) is 4.74 Å². The maximum Gasteiger partial charge on any atom is 0.275 e. The van der Waals surface area contributed by atoms with Crippen LogP contribution in [-0.4, -0.2) is 45.1 Å². The Morgan fingerprint density at radius 1 is 1.10 bits per heavy atom. The number of ketones is 2. The topological polar surface area (TPSA) is 138 Å². The van der Waals surface area contributed by atoms with E-state index in [1.54, 1.807) is 60.7 Å². The maximum atomic E-state index is 13.3. The molecule has 3 N–H and O–H groups in total. The molecule has 0 bridgehead atoms. The number of hydrogen-bond donors (Lipinski definition) is 3. The number of hydrogen-bond acceptors (Lipinski definition) is 9. The average molecular weight is 570 g/mol. The minimum atomic E-state index is -0.772. The van der Waals surface area contributed by atoms with Gasteiger partial charge in [-0.25, -0.2) is 4.98 Å². The SMILES string of the molecule is CCOc1ccc2nc(NC(=O)/C(CC(=O)C[C@@H](C3=C(O)c4ccccc4CC3=O)c3ccccc3)=N\O)sc2c1. The molecule has 208 valence electrons. The van der Waals surface area contributed by atoms with E-state index >= 15 is 0 Å². The number of benzene rings is 3. The van der Waals surface area contributed by atoms with Crippen LogP contribution in [0.15, 0.2) is 83.5 Å². The molecule has 0 radical (unpaired) electrons. The van der Waals surface area contributed by atoms with Crippen molar-refractivity contribution in [2.24, 2.45) is 5.16 Å². The number of thiazole rings is 1. The normalized spacial score (nSPS) is 14.1. The number of allylic oxidation sites excluding steroid dienone is 1. The van der Waals surface area contributed by atoms with Gasteiger partial charge in [-0.2, -0.15) is 0 Å². The molecule has 1 aliphatic carbocycles. The molecule has 41 heavy (non-hydrogen) atoms. The van der Waals surface area contributed by atoms with E-state index < -0.39 is 29.7 Å². The van der Waals surface area contributed by atoms with E-state index in [1.165, 1.54) is 11.3 Å². The fraction of sp³-hybridized carbons (Fsp3) is 0.194. The second-order valence-corrected chi connectivity index (χ2v) is 10.5. The van der Waals surface area contributed by atoms with Crippen LogP contribution in [0.3, 0.4) is 0 Å². The Kier molecular flexibility index (Phi) is 8.21. The summed E-state index contributed by atoms with van der Waals surface area (Å²) in [7, 11) is 0. The van der Waals surface area contributed by atoms with Crippen molar-refractivity contribution < 1.29 is 29.4 Å². The van der Waals surface area contributed by atoms with Gasteiger partial charge < -0.3 is 15.1 Å². The van der Waals surface area contributed by atoms with Crippen LogP contribution in [0.2, 0.25) is 0 Å². The number of nitrogens with one attached hydrogen (secondary N) is 1. The second-order valence-electron chi connectivity index (χ2n) is 9.48. The number of nitrogens with zero attached hydrogens (tertiary/aromatic N) is 2. The summed E-state index contributed by atoms with van der Waals surface area (Å²) in [6.07, 6.45) is -0.568. The number of fused-ring (bicyclic) bond motifs is 2. The first kappa shape index (κ1) is 27.7. The zero-order valence-electron chi connectivity index (χ0n) is 22.2. The van der Waals surface area contributed by atoms with Crippen LogP contribution in [0, 0.1) is 0 Å². The molecule has 0 saturated carbocycles. The van der Waals surface area contributed by atoms with Crippen LogP contribution in [0.25, 0.3) is 16.0 Å². The number of anilines is 1. The molecule has 10 heteroatoms. The number of rotatable bonds is 10. The molecule has 1 heterocycles. The fourth-order valence-electron chi connectivity index (χ4n) is 4.91. The van der Waals surface area contributed by atoms with Gasteiger partial charge in [0, 0.05) is 29.9 Å². The standard InChI is InChI=1S/C31H27N3O6S/c1-2-40-21-12-13-24-27(17-21)41-31(32-24)33-30(38)25(34-39)16-20(35)15-23(18-8-4-3-5-9-18)28-26(36)14-19-10-6-7-11-22(19)29(28)37/h3-13,17,23,37,39H,2,14-16H2,1H3,(H,32,33,38)/b34-25-/t23-/m1/s1. The molecule has 0 fully saturated rings. The molecule has 9 nitrogen and oxygen atoms in total. The Balaban J connectivity index is 1.35. The number of aromatic nitrogens is 1. The Hall–Kier alpha value is -4.83. The van der Waals surface area contributed by atoms with Crippen LogP contribution in [0.5, 0.6) is 5.75 Å². The quantitative estimate of drug-likeness (QED) is 0.127. The first-order valence-electron chi connectivity index (χ1n) is 13.0. The summed E-state index contributed by atoms with van der Waals surface area (Å²) >= 11 is 1.22. The van der Waals surface area contributed by atoms with E-state index in [2.05, 4.69) is 15.5 Å². The molecule has 0 spiro atoms. The Morgan fingerprint density at radius 3 is 2.61 bits per heavy atom. The molecular formula is C31H27N3O6S. The van der Waals surface area contributed by atoms with Crippen molar-refractivity contribution in [2.45, 2.75) is 32.1 Å².